The molecule has 0 amide bonds. The molecule has 0 aromatic heterocycles. The third-order valence-electron chi connectivity index (χ3n) is 3.77. The fraction of sp³-hybridized carbons (Fsp3) is 0.625. The molecule has 0 fully saturated rings. The summed E-state index contributed by atoms with van der Waals surface area (Å²) >= 11 is 0. The molecular weight excluding hydrogens is 220 g/mol. The summed E-state index contributed by atoms with van der Waals surface area (Å²) in [6.07, 6.45) is 2.47. The maximum absolute atomic E-state index is 5.71. The van der Waals surface area contributed by atoms with Crippen LogP contribution in [-0.4, -0.2) is 25.0 Å². The summed E-state index contributed by atoms with van der Waals surface area (Å²) in [5.74, 6) is 1.40. The van der Waals surface area contributed by atoms with Gasteiger partial charge in [0.2, 0.25) is 0 Å². The van der Waals surface area contributed by atoms with Crippen molar-refractivity contribution in [2.24, 2.45) is 5.92 Å². The maximum Gasteiger partial charge on any atom is 0.0314 e. The molecule has 0 spiro atoms. The Labute approximate surface area is 112 Å². The predicted octanol–water partition coefficient (Wildman–Crippen LogP) is 3.74. The first-order chi connectivity index (χ1) is 8.52. The van der Waals surface area contributed by atoms with Gasteiger partial charge in [-0.15, -0.1) is 0 Å². The molecule has 1 aromatic rings. The van der Waals surface area contributed by atoms with Gasteiger partial charge < -0.3 is 10.6 Å². The smallest absolute Gasteiger partial charge is 0.0314 e. The van der Waals surface area contributed by atoms with Gasteiger partial charge in [0.25, 0.3) is 0 Å². The zero-order chi connectivity index (χ0) is 13.5. The third-order valence-corrected chi connectivity index (χ3v) is 3.77. The van der Waals surface area contributed by atoms with Gasteiger partial charge in [0, 0.05) is 12.2 Å². The summed E-state index contributed by atoms with van der Waals surface area (Å²) in [6, 6.07) is 8.28. The highest BCUT2D eigenvalue weighted by Crippen LogP contribution is 2.20. The zero-order valence-electron chi connectivity index (χ0n) is 12.3. The van der Waals surface area contributed by atoms with Crippen LogP contribution in [0.2, 0.25) is 0 Å². The molecule has 102 valence electrons. The van der Waals surface area contributed by atoms with E-state index in [0.717, 1.165) is 18.2 Å². The molecule has 0 bridgehead atoms. The van der Waals surface area contributed by atoms with Crippen molar-refractivity contribution in [2.75, 3.05) is 25.9 Å². The van der Waals surface area contributed by atoms with Crippen molar-refractivity contribution in [3.63, 3.8) is 0 Å². The van der Waals surface area contributed by atoms with Crippen LogP contribution >= 0.6 is 0 Å². The molecular formula is C16H28N2. The number of hydrogen-bond donors (Lipinski definition) is 1. The van der Waals surface area contributed by atoms with E-state index in [4.69, 9.17) is 5.73 Å². The maximum atomic E-state index is 5.71. The van der Waals surface area contributed by atoms with E-state index in [-0.39, 0.29) is 0 Å². The Kier molecular flexibility index (Phi) is 6.20. The van der Waals surface area contributed by atoms with Crippen LogP contribution in [0, 0.1) is 5.92 Å². The first-order valence-electron chi connectivity index (χ1n) is 7.06. The highest BCUT2D eigenvalue weighted by atomic mass is 15.1. The minimum absolute atomic E-state index is 0.602. The van der Waals surface area contributed by atoms with Crippen molar-refractivity contribution in [3.05, 3.63) is 29.8 Å². The number of hydrogen-bond acceptors (Lipinski definition) is 2. The molecule has 1 aromatic carbocycles. The van der Waals surface area contributed by atoms with Crippen LogP contribution in [0.5, 0.6) is 0 Å². The Morgan fingerprint density at radius 2 is 1.78 bits per heavy atom. The van der Waals surface area contributed by atoms with E-state index in [9.17, 15) is 0 Å². The first kappa shape index (κ1) is 15.0. The van der Waals surface area contributed by atoms with Crippen LogP contribution in [0.3, 0.4) is 0 Å². The van der Waals surface area contributed by atoms with E-state index in [0.29, 0.717) is 5.92 Å². The Morgan fingerprint density at radius 3 is 2.33 bits per heavy atom. The highest BCUT2D eigenvalue weighted by molar-refractivity contribution is 5.40. The Hall–Kier alpha value is -1.02. The van der Waals surface area contributed by atoms with Crippen LogP contribution in [-0.2, 0) is 0 Å². The summed E-state index contributed by atoms with van der Waals surface area (Å²) in [6.45, 7) is 9.23. The van der Waals surface area contributed by atoms with Gasteiger partial charge in [-0.1, -0.05) is 39.3 Å². The minimum Gasteiger partial charge on any atom is -0.399 e. The quantitative estimate of drug-likeness (QED) is 0.745. The lowest BCUT2D eigenvalue weighted by Gasteiger charge is -2.22. The second kappa shape index (κ2) is 7.42. The average Bonchev–Trinajstić information content (AvgIpc) is 2.36. The van der Waals surface area contributed by atoms with Crippen molar-refractivity contribution < 1.29 is 0 Å². The SMILES string of the molecule is CCC(C)CN(C)CCC(C)c1ccc(N)cc1. The fourth-order valence-corrected chi connectivity index (χ4v) is 2.16. The molecule has 2 N–H and O–H groups in total. The molecule has 2 unspecified atom stereocenters. The normalized spacial score (nSPS) is 14.7. The molecule has 1 rings (SSSR count). The summed E-state index contributed by atoms with van der Waals surface area (Å²) < 4.78 is 0. The molecule has 0 radical (unpaired) electrons. The Balaban J connectivity index is 2.36. The van der Waals surface area contributed by atoms with Gasteiger partial charge in [0.05, 0.1) is 0 Å². The molecule has 0 saturated carbocycles. The van der Waals surface area contributed by atoms with Gasteiger partial charge in [-0.2, -0.15) is 0 Å². The van der Waals surface area contributed by atoms with Gasteiger partial charge in [0.15, 0.2) is 0 Å². The molecule has 0 aliphatic carbocycles. The minimum atomic E-state index is 0.602. The lowest BCUT2D eigenvalue weighted by molar-refractivity contribution is 0.273. The van der Waals surface area contributed by atoms with Crippen LogP contribution < -0.4 is 5.73 Å². The summed E-state index contributed by atoms with van der Waals surface area (Å²) in [4.78, 5) is 2.45. The molecule has 18 heavy (non-hydrogen) atoms. The van der Waals surface area contributed by atoms with Crippen LogP contribution in [0.25, 0.3) is 0 Å². The average molecular weight is 248 g/mol. The van der Waals surface area contributed by atoms with Crippen molar-refractivity contribution in [1.29, 1.82) is 0 Å². The van der Waals surface area contributed by atoms with Crippen molar-refractivity contribution in [1.82, 2.24) is 4.90 Å². The fourth-order valence-electron chi connectivity index (χ4n) is 2.16. The van der Waals surface area contributed by atoms with Crippen LogP contribution in [0.1, 0.15) is 45.1 Å². The van der Waals surface area contributed by atoms with E-state index < -0.39 is 0 Å². The lowest BCUT2D eigenvalue weighted by atomic mass is 9.97. The summed E-state index contributed by atoms with van der Waals surface area (Å²) in [5, 5.41) is 0. The van der Waals surface area contributed by atoms with Crippen molar-refractivity contribution in [2.45, 2.75) is 39.5 Å². The standard InChI is InChI=1S/C16H28N2/c1-5-13(2)12-18(4)11-10-14(3)15-6-8-16(17)9-7-15/h6-9,13-14H,5,10-12,17H2,1-4H3. The highest BCUT2D eigenvalue weighted by Gasteiger charge is 2.09. The Morgan fingerprint density at radius 1 is 1.17 bits per heavy atom. The number of nitrogens with zero attached hydrogens (tertiary/aromatic N) is 1. The van der Waals surface area contributed by atoms with Crippen molar-refractivity contribution >= 4 is 5.69 Å². The van der Waals surface area contributed by atoms with E-state index >= 15 is 0 Å². The number of nitrogens with two attached hydrogens (primary N) is 1. The van der Waals surface area contributed by atoms with Gasteiger partial charge in [-0.3, -0.25) is 0 Å². The third kappa shape index (κ3) is 5.09. The Bertz CT molecular complexity index is 331. The van der Waals surface area contributed by atoms with Gasteiger partial charge in [-0.25, -0.2) is 0 Å². The largest absolute Gasteiger partial charge is 0.399 e. The van der Waals surface area contributed by atoms with Gasteiger partial charge in [-0.05, 0) is 49.5 Å². The van der Waals surface area contributed by atoms with Gasteiger partial charge in [0.1, 0.15) is 0 Å². The van der Waals surface area contributed by atoms with Crippen molar-refractivity contribution in [3.8, 4) is 0 Å². The summed E-state index contributed by atoms with van der Waals surface area (Å²) in [5.41, 5.74) is 7.95. The molecule has 0 saturated heterocycles. The number of benzene rings is 1. The zero-order valence-corrected chi connectivity index (χ0v) is 12.3. The number of anilines is 1. The molecule has 2 heteroatoms. The number of rotatable bonds is 7. The lowest BCUT2D eigenvalue weighted by Crippen LogP contribution is -2.26. The van der Waals surface area contributed by atoms with Gasteiger partial charge >= 0.3 is 0 Å². The topological polar surface area (TPSA) is 29.3 Å². The molecule has 0 heterocycles. The molecule has 0 aliphatic heterocycles. The predicted molar refractivity (Wildman–Crippen MR) is 80.8 cm³/mol. The monoisotopic (exact) mass is 248 g/mol. The van der Waals surface area contributed by atoms with E-state index in [1.54, 1.807) is 0 Å². The molecule has 2 nitrogen and oxygen atoms in total. The molecule has 2 atom stereocenters. The first-order valence-corrected chi connectivity index (χ1v) is 7.06. The van der Waals surface area contributed by atoms with E-state index in [1.807, 2.05) is 12.1 Å². The van der Waals surface area contributed by atoms with Crippen LogP contribution in [0.15, 0.2) is 24.3 Å². The molecule has 0 aliphatic rings. The second-order valence-corrected chi connectivity index (χ2v) is 5.63. The summed E-state index contributed by atoms with van der Waals surface area (Å²) in [7, 11) is 2.22. The van der Waals surface area contributed by atoms with Crippen LogP contribution in [0.4, 0.5) is 5.69 Å². The second-order valence-electron chi connectivity index (χ2n) is 5.63. The van der Waals surface area contributed by atoms with E-state index in [2.05, 4.69) is 44.9 Å². The van der Waals surface area contributed by atoms with E-state index in [1.165, 1.54) is 24.9 Å². The number of nitrogen functional groups attached to an aromatic ring is 1.